The predicted octanol–water partition coefficient (Wildman–Crippen LogP) is 2.31. The number of piperazine rings is 1. The Morgan fingerprint density at radius 1 is 1.04 bits per heavy atom. The first-order valence-corrected chi connectivity index (χ1v) is 10.0. The van der Waals surface area contributed by atoms with Gasteiger partial charge in [0, 0.05) is 31.7 Å². The maximum atomic E-state index is 5.52. The van der Waals surface area contributed by atoms with Crippen LogP contribution in [0.5, 0.6) is 11.5 Å². The molecule has 0 unspecified atom stereocenters. The first-order valence-electron chi connectivity index (χ1n) is 10.0. The lowest BCUT2D eigenvalue weighted by molar-refractivity contribution is -0.0267. The van der Waals surface area contributed by atoms with E-state index >= 15 is 0 Å². The number of ether oxygens (including phenoxy) is 2. The van der Waals surface area contributed by atoms with Gasteiger partial charge in [-0.15, -0.1) is 0 Å². The van der Waals surface area contributed by atoms with Gasteiger partial charge in [0.1, 0.15) is 0 Å². The number of fused-ring (bicyclic) bond motifs is 1. The average molecular weight is 360 g/mol. The molecule has 2 fully saturated rings. The summed E-state index contributed by atoms with van der Waals surface area (Å²) in [6.07, 6.45) is 3.69. The van der Waals surface area contributed by atoms with Crippen molar-refractivity contribution in [2.45, 2.75) is 31.7 Å². The minimum atomic E-state index is 0.354. The number of rotatable bonds is 4. The number of benzene rings is 1. The summed E-state index contributed by atoms with van der Waals surface area (Å²) >= 11 is 0. The maximum absolute atomic E-state index is 5.52. The molecule has 0 amide bonds. The van der Waals surface area contributed by atoms with Gasteiger partial charge in [-0.3, -0.25) is 9.80 Å². The molecule has 0 bridgehead atoms. The number of likely N-dealkylation sites (tertiary alicyclic amines) is 1. The van der Waals surface area contributed by atoms with E-state index in [-0.39, 0.29) is 0 Å². The first-order chi connectivity index (χ1) is 12.5. The monoisotopic (exact) mass is 359 g/mol. The second-order valence-electron chi connectivity index (χ2n) is 8.68. The number of piperidine rings is 1. The van der Waals surface area contributed by atoms with Gasteiger partial charge in [-0.25, -0.2) is 0 Å². The van der Waals surface area contributed by atoms with Crippen LogP contribution in [-0.2, 0) is 6.42 Å². The summed E-state index contributed by atoms with van der Waals surface area (Å²) < 4.78 is 10.9. The van der Waals surface area contributed by atoms with Crippen molar-refractivity contribution in [1.82, 2.24) is 14.7 Å². The molecule has 26 heavy (non-hydrogen) atoms. The van der Waals surface area contributed by atoms with E-state index in [9.17, 15) is 0 Å². The van der Waals surface area contributed by atoms with Crippen molar-refractivity contribution in [3.8, 4) is 11.5 Å². The Morgan fingerprint density at radius 3 is 2.62 bits per heavy atom. The van der Waals surface area contributed by atoms with Crippen molar-refractivity contribution in [3.63, 3.8) is 0 Å². The molecule has 4 rings (SSSR count). The summed E-state index contributed by atoms with van der Waals surface area (Å²) in [7, 11) is 4.58. The third kappa shape index (κ3) is 3.71. The van der Waals surface area contributed by atoms with Gasteiger partial charge in [0.15, 0.2) is 11.5 Å². The Kier molecular flexibility index (Phi) is 5.13. The molecule has 144 valence electrons. The summed E-state index contributed by atoms with van der Waals surface area (Å²) in [5.41, 5.74) is 1.74. The lowest BCUT2D eigenvalue weighted by atomic mass is 9.83. The molecule has 2 saturated heterocycles. The molecule has 1 aromatic rings. The molecule has 1 atom stereocenters. The van der Waals surface area contributed by atoms with Crippen molar-refractivity contribution in [2.75, 3.05) is 60.2 Å². The molecule has 3 aliphatic heterocycles. The molecule has 1 spiro atoms. The zero-order chi connectivity index (χ0) is 18.1. The van der Waals surface area contributed by atoms with Gasteiger partial charge in [0.05, 0.1) is 0 Å². The number of likely N-dealkylation sites (N-methyl/N-ethyl adjacent to an activating group) is 1. The summed E-state index contributed by atoms with van der Waals surface area (Å²) in [5, 5.41) is 0. The van der Waals surface area contributed by atoms with Crippen LogP contribution in [0.2, 0.25) is 0 Å². The van der Waals surface area contributed by atoms with Crippen LogP contribution in [0.25, 0.3) is 0 Å². The van der Waals surface area contributed by atoms with Crippen LogP contribution in [0.3, 0.4) is 0 Å². The Morgan fingerprint density at radius 2 is 1.81 bits per heavy atom. The Balaban J connectivity index is 1.34. The van der Waals surface area contributed by atoms with E-state index in [1.165, 1.54) is 57.7 Å². The summed E-state index contributed by atoms with van der Waals surface area (Å²) in [6.45, 7) is 9.98. The molecule has 5 nitrogen and oxygen atoms in total. The second kappa shape index (κ2) is 7.37. The maximum Gasteiger partial charge on any atom is 0.231 e. The van der Waals surface area contributed by atoms with E-state index in [4.69, 9.17) is 9.47 Å². The second-order valence-corrected chi connectivity index (χ2v) is 8.68. The third-order valence-corrected chi connectivity index (χ3v) is 6.59. The van der Waals surface area contributed by atoms with Gasteiger partial charge >= 0.3 is 0 Å². The fourth-order valence-corrected chi connectivity index (χ4v) is 4.85. The van der Waals surface area contributed by atoms with Gasteiger partial charge in [-0.2, -0.15) is 0 Å². The molecule has 0 N–H and O–H groups in total. The third-order valence-electron chi connectivity index (χ3n) is 6.59. The fraction of sp³-hybridized carbons (Fsp3) is 0.714. The van der Waals surface area contributed by atoms with E-state index in [1.54, 1.807) is 0 Å². The summed E-state index contributed by atoms with van der Waals surface area (Å²) in [4.78, 5) is 7.82. The van der Waals surface area contributed by atoms with Crippen LogP contribution < -0.4 is 9.47 Å². The molecule has 3 heterocycles. The zero-order valence-corrected chi connectivity index (χ0v) is 16.5. The molecule has 0 radical (unpaired) electrons. The van der Waals surface area contributed by atoms with Gasteiger partial charge in [0.25, 0.3) is 0 Å². The predicted molar refractivity (Wildman–Crippen MR) is 104 cm³/mol. The van der Waals surface area contributed by atoms with Gasteiger partial charge in [-0.05, 0) is 70.1 Å². The Bertz CT molecular complexity index is 628. The smallest absolute Gasteiger partial charge is 0.231 e. The number of hydrogen-bond acceptors (Lipinski definition) is 5. The van der Waals surface area contributed by atoms with Crippen molar-refractivity contribution in [3.05, 3.63) is 23.8 Å². The highest BCUT2D eigenvalue weighted by Crippen LogP contribution is 2.34. The van der Waals surface area contributed by atoms with E-state index in [0.29, 0.717) is 18.2 Å². The van der Waals surface area contributed by atoms with Crippen LogP contribution in [0.15, 0.2) is 18.2 Å². The molecule has 5 heteroatoms. The van der Waals surface area contributed by atoms with E-state index in [2.05, 4.69) is 47.9 Å². The van der Waals surface area contributed by atoms with Crippen molar-refractivity contribution >= 4 is 0 Å². The Labute approximate surface area is 157 Å². The molecule has 1 aromatic carbocycles. The number of nitrogens with zero attached hydrogens (tertiary/aromatic N) is 3. The first kappa shape index (κ1) is 18.1. The topological polar surface area (TPSA) is 28.2 Å². The van der Waals surface area contributed by atoms with Crippen molar-refractivity contribution < 1.29 is 9.47 Å². The number of hydrogen-bond donors (Lipinski definition) is 0. The van der Waals surface area contributed by atoms with Crippen LogP contribution >= 0.6 is 0 Å². The summed E-state index contributed by atoms with van der Waals surface area (Å²) in [6, 6.07) is 6.39. The molecule has 0 aliphatic carbocycles. The minimum Gasteiger partial charge on any atom is -0.454 e. The zero-order valence-electron chi connectivity index (χ0n) is 16.5. The Hall–Kier alpha value is -1.30. The van der Waals surface area contributed by atoms with Gasteiger partial charge in [-0.1, -0.05) is 13.0 Å². The molecular formula is C21H33N3O2. The highest BCUT2D eigenvalue weighted by Gasteiger charge is 2.41. The van der Waals surface area contributed by atoms with E-state index < -0.39 is 0 Å². The van der Waals surface area contributed by atoms with E-state index in [1.807, 2.05) is 6.07 Å². The van der Waals surface area contributed by atoms with E-state index in [0.717, 1.165) is 17.9 Å². The quantitative estimate of drug-likeness (QED) is 0.823. The molecule has 0 saturated carbocycles. The van der Waals surface area contributed by atoms with Crippen LogP contribution in [-0.4, -0.2) is 80.4 Å². The fourth-order valence-electron chi connectivity index (χ4n) is 4.85. The standard InChI is InChI=1S/C21H33N3O2/c1-17(12-18-4-5-19-20(13-18)26-16-25-19)14-24-11-10-23(3)21(15-24)6-8-22(2)9-7-21/h4-5,13,17H,6-12,14-16H2,1-3H3/t17-/m1/s1. The lowest BCUT2D eigenvalue weighted by Crippen LogP contribution is -2.64. The van der Waals surface area contributed by atoms with Crippen LogP contribution in [0.1, 0.15) is 25.3 Å². The largest absolute Gasteiger partial charge is 0.454 e. The minimum absolute atomic E-state index is 0.354. The lowest BCUT2D eigenvalue weighted by Gasteiger charge is -2.53. The SMILES string of the molecule is C[C@H](Cc1ccc2c(c1)OCO2)CN1CCN(C)C2(CCN(C)CC2)C1. The van der Waals surface area contributed by atoms with Crippen molar-refractivity contribution in [2.24, 2.45) is 5.92 Å². The normalized spacial score (nSPS) is 24.9. The van der Waals surface area contributed by atoms with Crippen LogP contribution in [0, 0.1) is 5.92 Å². The van der Waals surface area contributed by atoms with Crippen molar-refractivity contribution in [1.29, 1.82) is 0 Å². The molecule has 0 aromatic heterocycles. The highest BCUT2D eigenvalue weighted by atomic mass is 16.7. The van der Waals surface area contributed by atoms with Crippen LogP contribution in [0.4, 0.5) is 0 Å². The highest BCUT2D eigenvalue weighted by molar-refractivity contribution is 5.44. The van der Waals surface area contributed by atoms with Gasteiger partial charge < -0.3 is 14.4 Å². The average Bonchev–Trinajstić information content (AvgIpc) is 3.08. The summed E-state index contributed by atoms with van der Waals surface area (Å²) in [5.74, 6) is 2.42. The molecular weight excluding hydrogens is 326 g/mol. The molecule has 3 aliphatic rings. The van der Waals surface area contributed by atoms with Gasteiger partial charge in [0.2, 0.25) is 6.79 Å².